The lowest BCUT2D eigenvalue weighted by molar-refractivity contribution is 0.0947. The Morgan fingerprint density at radius 3 is 2.68 bits per heavy atom. The molecule has 0 spiro atoms. The fourth-order valence-corrected chi connectivity index (χ4v) is 2.73. The largest absolute Gasteiger partial charge is 0.493 e. The van der Waals surface area contributed by atoms with Crippen molar-refractivity contribution in [3.8, 4) is 5.75 Å². The summed E-state index contributed by atoms with van der Waals surface area (Å²) in [5, 5.41) is 3.92. The zero-order valence-electron chi connectivity index (χ0n) is 11.8. The highest BCUT2D eigenvalue weighted by Crippen LogP contribution is 2.24. The van der Waals surface area contributed by atoms with Gasteiger partial charge in [-0.3, -0.25) is 4.79 Å². The lowest BCUT2D eigenvalue weighted by Gasteiger charge is -2.12. The van der Waals surface area contributed by atoms with Crippen LogP contribution in [0.5, 0.6) is 5.75 Å². The Labute approximate surface area is 147 Å². The monoisotopic (exact) mass is 401 g/mol. The molecule has 0 radical (unpaired) electrons. The molecular formula is C16H14BrCl2NO2. The third kappa shape index (κ3) is 4.38. The van der Waals surface area contributed by atoms with E-state index in [-0.39, 0.29) is 5.91 Å². The van der Waals surface area contributed by atoms with Crippen molar-refractivity contribution in [3.05, 3.63) is 62.0 Å². The van der Waals surface area contributed by atoms with Crippen LogP contribution in [0.2, 0.25) is 10.0 Å². The van der Waals surface area contributed by atoms with E-state index < -0.39 is 0 Å². The van der Waals surface area contributed by atoms with Gasteiger partial charge in [-0.1, -0.05) is 45.2 Å². The normalized spacial score (nSPS) is 10.4. The summed E-state index contributed by atoms with van der Waals surface area (Å²) >= 11 is 15.3. The molecule has 1 amide bonds. The van der Waals surface area contributed by atoms with E-state index in [0.717, 1.165) is 10.0 Å². The second-order valence-electron chi connectivity index (χ2n) is 4.49. The fourth-order valence-electron chi connectivity index (χ4n) is 1.90. The van der Waals surface area contributed by atoms with Crippen LogP contribution in [0.15, 0.2) is 40.9 Å². The van der Waals surface area contributed by atoms with Gasteiger partial charge in [0.05, 0.1) is 12.2 Å². The molecule has 3 nitrogen and oxygen atoms in total. The number of hydrogen-bond donors (Lipinski definition) is 1. The molecule has 0 unspecified atom stereocenters. The van der Waals surface area contributed by atoms with Gasteiger partial charge in [0.2, 0.25) is 0 Å². The SMILES string of the molecule is CCOc1ccc(Br)cc1C(=O)NCc1ccc(Cl)cc1Cl. The topological polar surface area (TPSA) is 38.3 Å². The van der Waals surface area contributed by atoms with Crippen LogP contribution in [0, 0.1) is 0 Å². The first kappa shape index (κ1) is 17.1. The van der Waals surface area contributed by atoms with Crippen LogP contribution in [-0.4, -0.2) is 12.5 Å². The second kappa shape index (κ2) is 7.86. The summed E-state index contributed by atoms with van der Waals surface area (Å²) in [5.74, 6) is 0.321. The van der Waals surface area contributed by atoms with E-state index in [1.165, 1.54) is 0 Å². The third-order valence-electron chi connectivity index (χ3n) is 2.94. The van der Waals surface area contributed by atoms with Gasteiger partial charge in [0, 0.05) is 21.1 Å². The number of ether oxygens (including phenoxy) is 1. The van der Waals surface area contributed by atoms with Crippen molar-refractivity contribution >= 4 is 45.0 Å². The van der Waals surface area contributed by atoms with Crippen LogP contribution in [0.3, 0.4) is 0 Å². The molecule has 0 aliphatic carbocycles. The van der Waals surface area contributed by atoms with Crippen molar-refractivity contribution in [1.29, 1.82) is 0 Å². The van der Waals surface area contributed by atoms with Gasteiger partial charge in [-0.05, 0) is 42.8 Å². The van der Waals surface area contributed by atoms with Crippen molar-refractivity contribution in [2.75, 3.05) is 6.61 Å². The van der Waals surface area contributed by atoms with Crippen LogP contribution < -0.4 is 10.1 Å². The number of hydrogen-bond acceptors (Lipinski definition) is 2. The fraction of sp³-hybridized carbons (Fsp3) is 0.188. The van der Waals surface area contributed by atoms with Crippen LogP contribution in [0.25, 0.3) is 0 Å². The van der Waals surface area contributed by atoms with Crippen molar-refractivity contribution in [1.82, 2.24) is 5.32 Å². The molecule has 0 fully saturated rings. The lowest BCUT2D eigenvalue weighted by atomic mass is 10.1. The van der Waals surface area contributed by atoms with Gasteiger partial charge < -0.3 is 10.1 Å². The summed E-state index contributed by atoms with van der Waals surface area (Å²) in [7, 11) is 0. The van der Waals surface area contributed by atoms with Gasteiger partial charge >= 0.3 is 0 Å². The number of benzene rings is 2. The Hall–Kier alpha value is -1.23. The summed E-state index contributed by atoms with van der Waals surface area (Å²) < 4.78 is 6.29. The van der Waals surface area contributed by atoms with Gasteiger partial charge in [-0.25, -0.2) is 0 Å². The highest BCUT2D eigenvalue weighted by molar-refractivity contribution is 9.10. The van der Waals surface area contributed by atoms with E-state index in [2.05, 4.69) is 21.2 Å². The zero-order chi connectivity index (χ0) is 16.1. The smallest absolute Gasteiger partial charge is 0.255 e. The van der Waals surface area contributed by atoms with Crippen LogP contribution in [0.1, 0.15) is 22.8 Å². The molecule has 2 rings (SSSR count). The molecule has 0 heterocycles. The number of carbonyl (C=O) groups is 1. The molecule has 0 aliphatic heterocycles. The Morgan fingerprint density at radius 1 is 1.23 bits per heavy atom. The number of nitrogens with one attached hydrogen (secondary N) is 1. The van der Waals surface area contributed by atoms with E-state index in [1.54, 1.807) is 30.3 Å². The summed E-state index contributed by atoms with van der Waals surface area (Å²) in [6.45, 7) is 2.68. The minimum absolute atomic E-state index is 0.226. The molecule has 0 saturated carbocycles. The molecule has 0 aliphatic rings. The summed E-state index contributed by atoms with van der Waals surface area (Å²) in [6, 6.07) is 10.5. The van der Waals surface area contributed by atoms with Gasteiger partial charge in [0.15, 0.2) is 0 Å². The summed E-state index contributed by atoms with van der Waals surface area (Å²) in [6.07, 6.45) is 0. The quantitative estimate of drug-likeness (QED) is 0.756. The van der Waals surface area contributed by atoms with Crippen LogP contribution >= 0.6 is 39.1 Å². The molecule has 6 heteroatoms. The minimum atomic E-state index is -0.226. The van der Waals surface area contributed by atoms with Crippen molar-refractivity contribution in [2.45, 2.75) is 13.5 Å². The predicted octanol–water partition coefficient (Wildman–Crippen LogP) is 5.08. The Kier molecular flexibility index (Phi) is 6.12. The number of carbonyl (C=O) groups excluding carboxylic acids is 1. The van der Waals surface area contributed by atoms with Crippen LogP contribution in [-0.2, 0) is 6.54 Å². The second-order valence-corrected chi connectivity index (χ2v) is 6.25. The molecule has 0 saturated heterocycles. The predicted molar refractivity (Wildman–Crippen MR) is 92.9 cm³/mol. The van der Waals surface area contributed by atoms with E-state index >= 15 is 0 Å². The average Bonchev–Trinajstić information content (AvgIpc) is 2.48. The van der Waals surface area contributed by atoms with Gasteiger partial charge in [0.25, 0.3) is 5.91 Å². The Bertz CT molecular complexity index is 692. The molecule has 22 heavy (non-hydrogen) atoms. The van der Waals surface area contributed by atoms with E-state index in [9.17, 15) is 4.79 Å². The first-order chi connectivity index (χ1) is 10.5. The van der Waals surface area contributed by atoms with Gasteiger partial charge in [-0.15, -0.1) is 0 Å². The first-order valence-corrected chi connectivity index (χ1v) is 8.20. The highest BCUT2D eigenvalue weighted by Gasteiger charge is 2.13. The maximum Gasteiger partial charge on any atom is 0.255 e. The van der Waals surface area contributed by atoms with Gasteiger partial charge in [-0.2, -0.15) is 0 Å². The molecule has 2 aromatic rings. The first-order valence-electron chi connectivity index (χ1n) is 6.65. The molecule has 0 atom stereocenters. The minimum Gasteiger partial charge on any atom is -0.493 e. The molecule has 0 bridgehead atoms. The van der Waals surface area contributed by atoms with E-state index in [4.69, 9.17) is 27.9 Å². The third-order valence-corrected chi connectivity index (χ3v) is 4.02. The van der Waals surface area contributed by atoms with Gasteiger partial charge in [0.1, 0.15) is 5.75 Å². The highest BCUT2D eigenvalue weighted by atomic mass is 79.9. The van der Waals surface area contributed by atoms with E-state index in [0.29, 0.717) is 34.5 Å². The maximum absolute atomic E-state index is 12.4. The van der Waals surface area contributed by atoms with E-state index in [1.807, 2.05) is 13.0 Å². The summed E-state index contributed by atoms with van der Waals surface area (Å²) in [5.41, 5.74) is 1.27. The lowest BCUT2D eigenvalue weighted by Crippen LogP contribution is -2.23. The molecule has 2 aromatic carbocycles. The molecule has 1 N–H and O–H groups in total. The number of rotatable bonds is 5. The summed E-state index contributed by atoms with van der Waals surface area (Å²) in [4.78, 5) is 12.4. The zero-order valence-corrected chi connectivity index (χ0v) is 14.9. The number of halogens is 3. The van der Waals surface area contributed by atoms with Crippen molar-refractivity contribution in [2.24, 2.45) is 0 Å². The number of amides is 1. The average molecular weight is 403 g/mol. The molecule has 116 valence electrons. The van der Waals surface area contributed by atoms with Crippen LogP contribution in [0.4, 0.5) is 0 Å². The maximum atomic E-state index is 12.4. The van der Waals surface area contributed by atoms with Crippen molar-refractivity contribution in [3.63, 3.8) is 0 Å². The standard InChI is InChI=1S/C16H14BrCl2NO2/c1-2-22-15-6-4-11(17)7-13(15)16(21)20-9-10-3-5-12(18)8-14(10)19/h3-8H,2,9H2,1H3,(H,20,21). The Morgan fingerprint density at radius 2 is 2.00 bits per heavy atom. The van der Waals surface area contributed by atoms with Crippen molar-refractivity contribution < 1.29 is 9.53 Å². The molecular weight excluding hydrogens is 389 g/mol. The Balaban J connectivity index is 2.13. The molecule has 0 aromatic heterocycles.